The number of amides is 2. The molecule has 20 heavy (non-hydrogen) atoms. The van der Waals surface area contributed by atoms with Gasteiger partial charge in [-0.2, -0.15) is 0 Å². The number of fused-ring (bicyclic) bond motifs is 2. The van der Waals surface area contributed by atoms with E-state index in [4.69, 9.17) is 10.8 Å². The number of carbonyl (C=O) groups excluding carboxylic acids is 2. The predicted octanol–water partition coefficient (Wildman–Crippen LogP) is -0.648. The Morgan fingerprint density at radius 2 is 1.85 bits per heavy atom. The quantitative estimate of drug-likeness (QED) is 0.516. The Bertz CT molecular complexity index is 400. The molecule has 0 aromatic rings. The molecule has 2 saturated heterocycles. The number of primary amides is 1. The molecule has 5 N–H and O–H groups in total. The Morgan fingerprint density at radius 3 is 2.35 bits per heavy atom. The molecule has 7 heteroatoms. The largest absolute Gasteiger partial charge is 0.480 e. The summed E-state index contributed by atoms with van der Waals surface area (Å²) in [5, 5.41) is 14.8. The Kier molecular flexibility index (Phi) is 4.59. The molecule has 2 heterocycles. The number of nitrogens with one attached hydrogen (secondary N) is 2. The van der Waals surface area contributed by atoms with Crippen LogP contribution < -0.4 is 16.4 Å². The third-order valence-corrected chi connectivity index (χ3v) is 4.08. The van der Waals surface area contributed by atoms with Gasteiger partial charge in [-0.05, 0) is 31.6 Å². The van der Waals surface area contributed by atoms with Gasteiger partial charge in [-0.15, -0.1) is 0 Å². The van der Waals surface area contributed by atoms with Crippen LogP contribution >= 0.6 is 0 Å². The Morgan fingerprint density at radius 1 is 1.25 bits per heavy atom. The molecule has 0 spiro atoms. The van der Waals surface area contributed by atoms with Crippen LogP contribution in [0.15, 0.2) is 0 Å². The van der Waals surface area contributed by atoms with Gasteiger partial charge in [0.05, 0.1) is 6.42 Å². The maximum Gasteiger partial charge on any atom is 0.326 e. The number of hydrogen-bond acceptors (Lipinski definition) is 4. The van der Waals surface area contributed by atoms with E-state index >= 15 is 0 Å². The molecule has 0 radical (unpaired) electrons. The topological polar surface area (TPSA) is 122 Å². The Balaban J connectivity index is 1.81. The predicted molar refractivity (Wildman–Crippen MR) is 70.7 cm³/mol. The number of carboxylic acid groups (broad SMARTS) is 1. The van der Waals surface area contributed by atoms with Crippen molar-refractivity contribution in [1.82, 2.24) is 10.6 Å². The van der Waals surface area contributed by atoms with Crippen molar-refractivity contribution >= 4 is 17.8 Å². The van der Waals surface area contributed by atoms with Gasteiger partial charge < -0.3 is 21.5 Å². The molecule has 0 saturated carbocycles. The second kappa shape index (κ2) is 6.21. The fourth-order valence-electron chi connectivity index (χ4n) is 3.26. The first-order valence-corrected chi connectivity index (χ1v) is 7.00. The minimum absolute atomic E-state index is 0.289. The molecule has 0 aromatic heterocycles. The van der Waals surface area contributed by atoms with Crippen LogP contribution in [-0.4, -0.2) is 41.0 Å². The van der Waals surface area contributed by atoms with Crippen molar-refractivity contribution in [3.63, 3.8) is 0 Å². The molecule has 0 aromatic carbocycles. The van der Waals surface area contributed by atoms with Crippen LogP contribution in [0.5, 0.6) is 0 Å². The van der Waals surface area contributed by atoms with Gasteiger partial charge in [-0.3, -0.25) is 9.59 Å². The summed E-state index contributed by atoms with van der Waals surface area (Å²) in [6.45, 7) is 0. The normalized spacial score (nSPS) is 29.7. The molecule has 2 aliphatic heterocycles. The highest BCUT2D eigenvalue weighted by atomic mass is 16.4. The molecule has 2 aliphatic rings. The first kappa shape index (κ1) is 14.8. The van der Waals surface area contributed by atoms with E-state index in [1.807, 2.05) is 0 Å². The van der Waals surface area contributed by atoms with E-state index in [9.17, 15) is 14.4 Å². The van der Waals surface area contributed by atoms with E-state index in [0.717, 1.165) is 25.7 Å². The zero-order valence-corrected chi connectivity index (χ0v) is 11.3. The average molecular weight is 283 g/mol. The van der Waals surface area contributed by atoms with Crippen molar-refractivity contribution in [2.24, 2.45) is 11.7 Å². The first-order chi connectivity index (χ1) is 9.44. The summed E-state index contributed by atoms with van der Waals surface area (Å²) in [6, 6.07) is -0.238. The summed E-state index contributed by atoms with van der Waals surface area (Å²) in [5.74, 6) is -2.00. The van der Waals surface area contributed by atoms with Crippen LogP contribution in [0.4, 0.5) is 0 Å². The van der Waals surface area contributed by atoms with Crippen molar-refractivity contribution in [3.05, 3.63) is 0 Å². The first-order valence-electron chi connectivity index (χ1n) is 7.00. The minimum atomic E-state index is -1.23. The van der Waals surface area contributed by atoms with Crippen molar-refractivity contribution < 1.29 is 19.5 Å². The number of piperidine rings is 1. The highest BCUT2D eigenvalue weighted by molar-refractivity contribution is 5.88. The van der Waals surface area contributed by atoms with E-state index < -0.39 is 17.9 Å². The van der Waals surface area contributed by atoms with Crippen LogP contribution in [0.2, 0.25) is 0 Å². The van der Waals surface area contributed by atoms with E-state index in [-0.39, 0.29) is 18.2 Å². The van der Waals surface area contributed by atoms with E-state index in [1.165, 1.54) is 0 Å². The lowest BCUT2D eigenvalue weighted by molar-refractivity contribution is -0.143. The fraction of sp³-hybridized carbons (Fsp3) is 0.769. The van der Waals surface area contributed by atoms with Crippen molar-refractivity contribution in [2.75, 3.05) is 0 Å². The lowest BCUT2D eigenvalue weighted by Gasteiger charge is -2.28. The molecule has 112 valence electrons. The molecule has 2 amide bonds. The minimum Gasteiger partial charge on any atom is -0.480 e. The van der Waals surface area contributed by atoms with Crippen LogP contribution in [0.1, 0.15) is 38.5 Å². The molecule has 2 rings (SSSR count). The van der Waals surface area contributed by atoms with Gasteiger partial charge in [-0.25, -0.2) is 4.79 Å². The number of nitrogens with two attached hydrogens (primary N) is 1. The Labute approximate surface area is 117 Å². The number of rotatable bonds is 6. The zero-order chi connectivity index (χ0) is 14.7. The van der Waals surface area contributed by atoms with Crippen LogP contribution in [0.3, 0.4) is 0 Å². The van der Waals surface area contributed by atoms with Crippen LogP contribution in [-0.2, 0) is 14.4 Å². The van der Waals surface area contributed by atoms with Gasteiger partial charge in [0.1, 0.15) is 6.04 Å². The van der Waals surface area contributed by atoms with Crippen molar-refractivity contribution in [3.8, 4) is 0 Å². The monoisotopic (exact) mass is 283 g/mol. The van der Waals surface area contributed by atoms with Gasteiger partial charge in [0.2, 0.25) is 11.8 Å². The molecule has 2 bridgehead atoms. The molecular weight excluding hydrogens is 262 g/mol. The van der Waals surface area contributed by atoms with Crippen LogP contribution in [0.25, 0.3) is 0 Å². The van der Waals surface area contributed by atoms with E-state index in [0.29, 0.717) is 18.5 Å². The second-order valence-corrected chi connectivity index (χ2v) is 5.81. The molecule has 2 fully saturated rings. The van der Waals surface area contributed by atoms with E-state index in [2.05, 4.69) is 10.6 Å². The summed E-state index contributed by atoms with van der Waals surface area (Å²) >= 11 is 0. The van der Waals surface area contributed by atoms with Gasteiger partial charge in [0, 0.05) is 18.5 Å². The summed E-state index contributed by atoms with van der Waals surface area (Å²) in [6.07, 6.45) is 4.16. The van der Waals surface area contributed by atoms with Gasteiger partial charge in [-0.1, -0.05) is 0 Å². The molecule has 0 aliphatic carbocycles. The molecule has 3 unspecified atom stereocenters. The highest BCUT2D eigenvalue weighted by Crippen LogP contribution is 2.32. The summed E-state index contributed by atoms with van der Waals surface area (Å²) < 4.78 is 0. The number of carbonyl (C=O) groups is 3. The Hall–Kier alpha value is -1.63. The number of hydrogen-bond donors (Lipinski definition) is 4. The molecule has 3 atom stereocenters. The lowest BCUT2D eigenvalue weighted by Crippen LogP contribution is -2.45. The third-order valence-electron chi connectivity index (χ3n) is 4.08. The standard InChI is InChI=1S/C13H21N3O4/c14-11(17)6-10(13(19)20)16-12(18)5-7-3-8-1-2-9(4-7)15-8/h7-10,15H,1-6H2,(H2,14,17)(H,16,18)(H,19,20). The average Bonchev–Trinajstić information content (AvgIpc) is 2.67. The lowest BCUT2D eigenvalue weighted by atomic mass is 9.89. The second-order valence-electron chi connectivity index (χ2n) is 5.81. The highest BCUT2D eigenvalue weighted by Gasteiger charge is 2.34. The van der Waals surface area contributed by atoms with Crippen molar-refractivity contribution in [1.29, 1.82) is 0 Å². The van der Waals surface area contributed by atoms with Gasteiger partial charge in [0.25, 0.3) is 0 Å². The fourth-order valence-corrected chi connectivity index (χ4v) is 3.26. The SMILES string of the molecule is NC(=O)CC(NC(=O)CC1CC2CCC(C1)N2)C(=O)O. The van der Waals surface area contributed by atoms with Gasteiger partial charge in [0.15, 0.2) is 0 Å². The maximum absolute atomic E-state index is 11.9. The zero-order valence-electron chi connectivity index (χ0n) is 11.3. The molecule has 7 nitrogen and oxygen atoms in total. The summed E-state index contributed by atoms with van der Waals surface area (Å²) in [4.78, 5) is 33.6. The maximum atomic E-state index is 11.9. The van der Waals surface area contributed by atoms with Crippen LogP contribution in [0, 0.1) is 5.92 Å². The summed E-state index contributed by atoms with van der Waals surface area (Å²) in [5.41, 5.74) is 4.97. The number of carboxylic acids is 1. The molecular formula is C13H21N3O4. The summed E-state index contributed by atoms with van der Waals surface area (Å²) in [7, 11) is 0. The smallest absolute Gasteiger partial charge is 0.326 e. The van der Waals surface area contributed by atoms with Crippen molar-refractivity contribution in [2.45, 2.75) is 56.7 Å². The third kappa shape index (κ3) is 3.93. The number of aliphatic carboxylic acids is 1. The van der Waals surface area contributed by atoms with E-state index in [1.54, 1.807) is 0 Å². The van der Waals surface area contributed by atoms with Gasteiger partial charge >= 0.3 is 5.97 Å².